The molecule has 2 rings (SSSR count). The number of nitrogens with zero attached hydrogens (tertiary/aromatic N) is 1. The van der Waals surface area contributed by atoms with Gasteiger partial charge < -0.3 is 10.2 Å². The molecule has 1 aliphatic rings. The maximum atomic E-state index is 12.1. The molecule has 2 heterocycles. The Kier molecular flexibility index (Phi) is 3.43. The van der Waals surface area contributed by atoms with Gasteiger partial charge in [0.2, 0.25) is 11.8 Å². The van der Waals surface area contributed by atoms with E-state index in [4.69, 9.17) is 0 Å². The van der Waals surface area contributed by atoms with E-state index >= 15 is 0 Å². The lowest BCUT2D eigenvalue weighted by Gasteiger charge is -2.35. The van der Waals surface area contributed by atoms with Gasteiger partial charge in [0.15, 0.2) is 0 Å². The Hall–Kier alpha value is -1.36. The van der Waals surface area contributed by atoms with Gasteiger partial charge >= 0.3 is 0 Å². The van der Waals surface area contributed by atoms with E-state index in [0.29, 0.717) is 0 Å². The molecule has 98 valence electrons. The van der Waals surface area contributed by atoms with E-state index in [2.05, 4.69) is 25.2 Å². The zero-order valence-corrected chi connectivity index (χ0v) is 11.9. The highest BCUT2D eigenvalue weighted by molar-refractivity contribution is 7.12. The van der Waals surface area contributed by atoms with Crippen LogP contribution in [0.1, 0.15) is 35.2 Å². The van der Waals surface area contributed by atoms with E-state index in [1.165, 1.54) is 9.75 Å². The lowest BCUT2D eigenvalue weighted by Crippen LogP contribution is -2.57. The molecule has 0 aromatic carbocycles. The summed E-state index contributed by atoms with van der Waals surface area (Å²) in [5.74, 6) is -0.0936. The quantitative estimate of drug-likeness (QED) is 0.887. The number of carbonyl (C=O) groups is 2. The van der Waals surface area contributed by atoms with Gasteiger partial charge in [-0.1, -0.05) is 0 Å². The number of rotatable bonds is 2. The fourth-order valence-electron chi connectivity index (χ4n) is 2.39. The second kappa shape index (κ2) is 4.72. The molecular formula is C13H18N2O2S. The Bertz CT molecular complexity index is 495. The van der Waals surface area contributed by atoms with Crippen molar-refractivity contribution >= 4 is 23.2 Å². The summed E-state index contributed by atoms with van der Waals surface area (Å²) in [5.41, 5.74) is 1.15. The van der Waals surface area contributed by atoms with Crippen molar-refractivity contribution in [3.8, 4) is 0 Å². The molecule has 0 spiro atoms. The number of hydrogen-bond donors (Lipinski definition) is 1. The summed E-state index contributed by atoms with van der Waals surface area (Å²) in [4.78, 5) is 27.8. The fourth-order valence-corrected chi connectivity index (χ4v) is 3.41. The van der Waals surface area contributed by atoms with Crippen LogP contribution in [0.25, 0.3) is 0 Å². The van der Waals surface area contributed by atoms with Gasteiger partial charge in [0, 0.05) is 9.75 Å². The van der Waals surface area contributed by atoms with Crippen LogP contribution in [0.15, 0.2) is 6.07 Å². The normalized spacial score (nSPS) is 22.0. The minimum absolute atomic E-state index is 0.00893. The molecule has 0 aliphatic carbocycles. The molecule has 4 nitrogen and oxygen atoms in total. The van der Waals surface area contributed by atoms with Gasteiger partial charge in [-0.3, -0.25) is 9.59 Å². The lowest BCUT2D eigenvalue weighted by atomic mass is 10.1. The number of carbonyl (C=O) groups excluding carboxylic acids is 2. The first-order valence-electron chi connectivity index (χ1n) is 6.07. The highest BCUT2D eigenvalue weighted by Gasteiger charge is 2.33. The largest absolute Gasteiger partial charge is 0.343 e. The first-order valence-corrected chi connectivity index (χ1v) is 6.88. The average molecular weight is 266 g/mol. The van der Waals surface area contributed by atoms with Gasteiger partial charge in [-0.15, -0.1) is 11.3 Å². The van der Waals surface area contributed by atoms with Crippen molar-refractivity contribution in [2.75, 3.05) is 6.54 Å². The van der Waals surface area contributed by atoms with Crippen LogP contribution < -0.4 is 5.32 Å². The Labute approximate surface area is 111 Å². The highest BCUT2D eigenvalue weighted by Crippen LogP contribution is 2.30. The minimum atomic E-state index is -0.422. The third-order valence-electron chi connectivity index (χ3n) is 3.34. The van der Waals surface area contributed by atoms with Crippen molar-refractivity contribution in [1.29, 1.82) is 0 Å². The molecule has 2 unspecified atom stereocenters. The van der Waals surface area contributed by atoms with E-state index in [0.717, 1.165) is 5.56 Å². The standard InChI is InChI=1S/C13H18N2O2S/c1-7-5-11(10(4)18-7)9(3)15-6-12(16)14-8(2)13(15)17/h5,8-9H,6H2,1-4H3,(H,14,16). The number of thiophene rings is 1. The third kappa shape index (κ3) is 2.27. The molecule has 2 amide bonds. The van der Waals surface area contributed by atoms with Crippen molar-refractivity contribution in [2.45, 2.75) is 39.8 Å². The molecule has 1 N–H and O–H groups in total. The summed E-state index contributed by atoms with van der Waals surface area (Å²) < 4.78 is 0. The summed E-state index contributed by atoms with van der Waals surface area (Å²) in [6, 6.07) is 1.64. The smallest absolute Gasteiger partial charge is 0.245 e. The second-order valence-corrected chi connectivity index (χ2v) is 6.26. The number of nitrogens with one attached hydrogen (secondary N) is 1. The molecular weight excluding hydrogens is 248 g/mol. The summed E-state index contributed by atoms with van der Waals surface area (Å²) >= 11 is 1.73. The fraction of sp³-hybridized carbons (Fsp3) is 0.538. The molecule has 18 heavy (non-hydrogen) atoms. The van der Waals surface area contributed by atoms with Crippen molar-refractivity contribution in [2.24, 2.45) is 0 Å². The molecule has 1 saturated heterocycles. The molecule has 0 radical (unpaired) electrons. The lowest BCUT2D eigenvalue weighted by molar-refractivity contribution is -0.145. The van der Waals surface area contributed by atoms with Crippen molar-refractivity contribution in [1.82, 2.24) is 10.2 Å². The van der Waals surface area contributed by atoms with Crippen LogP contribution in [-0.2, 0) is 9.59 Å². The number of hydrogen-bond acceptors (Lipinski definition) is 3. The maximum absolute atomic E-state index is 12.1. The SMILES string of the molecule is Cc1cc(C(C)N2CC(=O)NC(C)C2=O)c(C)s1. The van der Waals surface area contributed by atoms with Crippen LogP contribution in [0, 0.1) is 13.8 Å². The molecule has 2 atom stereocenters. The van der Waals surface area contributed by atoms with Gasteiger partial charge in [0.1, 0.15) is 12.6 Å². The van der Waals surface area contributed by atoms with E-state index < -0.39 is 6.04 Å². The Balaban J connectivity index is 2.27. The molecule has 1 fully saturated rings. The van der Waals surface area contributed by atoms with E-state index in [1.807, 2.05) is 6.92 Å². The van der Waals surface area contributed by atoms with Gasteiger partial charge in [-0.05, 0) is 39.3 Å². The monoisotopic (exact) mass is 266 g/mol. The highest BCUT2D eigenvalue weighted by atomic mass is 32.1. The van der Waals surface area contributed by atoms with Gasteiger partial charge in [-0.2, -0.15) is 0 Å². The van der Waals surface area contributed by atoms with Crippen LogP contribution in [-0.4, -0.2) is 29.3 Å². The number of amides is 2. The Morgan fingerprint density at radius 2 is 2.11 bits per heavy atom. The number of aryl methyl sites for hydroxylation is 2. The van der Waals surface area contributed by atoms with Gasteiger partial charge in [-0.25, -0.2) is 0 Å². The molecule has 0 saturated carbocycles. The maximum Gasteiger partial charge on any atom is 0.245 e. The average Bonchev–Trinajstić information content (AvgIpc) is 2.62. The first-order chi connectivity index (χ1) is 8.40. The molecule has 1 aliphatic heterocycles. The van der Waals surface area contributed by atoms with E-state index in [1.54, 1.807) is 23.2 Å². The first kappa shape index (κ1) is 13.1. The zero-order valence-electron chi connectivity index (χ0n) is 11.1. The van der Waals surface area contributed by atoms with Crippen LogP contribution >= 0.6 is 11.3 Å². The predicted molar refractivity (Wildman–Crippen MR) is 71.5 cm³/mol. The summed E-state index contributed by atoms with van der Waals surface area (Å²) in [6.45, 7) is 7.98. The van der Waals surface area contributed by atoms with Crippen LogP contribution in [0.5, 0.6) is 0 Å². The van der Waals surface area contributed by atoms with Crippen molar-refractivity contribution in [3.63, 3.8) is 0 Å². The van der Waals surface area contributed by atoms with Crippen LogP contribution in [0.2, 0.25) is 0 Å². The summed E-state index contributed by atoms with van der Waals surface area (Å²) in [5, 5.41) is 2.66. The van der Waals surface area contributed by atoms with Gasteiger partial charge in [0.25, 0.3) is 0 Å². The topological polar surface area (TPSA) is 49.4 Å². The molecule has 1 aromatic rings. The minimum Gasteiger partial charge on any atom is -0.343 e. The van der Waals surface area contributed by atoms with Crippen LogP contribution in [0.4, 0.5) is 0 Å². The summed E-state index contributed by atoms with van der Waals surface area (Å²) in [6.07, 6.45) is 0. The molecule has 1 aromatic heterocycles. The summed E-state index contributed by atoms with van der Waals surface area (Å²) in [7, 11) is 0. The van der Waals surface area contributed by atoms with E-state index in [9.17, 15) is 9.59 Å². The van der Waals surface area contributed by atoms with E-state index in [-0.39, 0.29) is 24.4 Å². The second-order valence-electron chi connectivity index (χ2n) is 4.80. The van der Waals surface area contributed by atoms with Crippen molar-refractivity contribution in [3.05, 3.63) is 21.4 Å². The zero-order chi connectivity index (χ0) is 13.4. The molecule has 0 bridgehead atoms. The number of piperazine rings is 1. The van der Waals surface area contributed by atoms with Gasteiger partial charge in [0.05, 0.1) is 6.04 Å². The predicted octanol–water partition coefficient (Wildman–Crippen LogP) is 1.77. The van der Waals surface area contributed by atoms with Crippen LogP contribution in [0.3, 0.4) is 0 Å². The Morgan fingerprint density at radius 1 is 1.44 bits per heavy atom. The molecule has 5 heteroatoms. The van der Waals surface area contributed by atoms with Crippen molar-refractivity contribution < 1.29 is 9.59 Å². The third-order valence-corrected chi connectivity index (χ3v) is 4.32. The Morgan fingerprint density at radius 3 is 2.67 bits per heavy atom.